The van der Waals surface area contributed by atoms with Crippen molar-refractivity contribution in [1.29, 1.82) is 0 Å². The van der Waals surface area contributed by atoms with E-state index in [1.54, 1.807) is 0 Å². The van der Waals surface area contributed by atoms with Gasteiger partial charge in [-0.15, -0.1) is 23.2 Å². The van der Waals surface area contributed by atoms with E-state index in [1.165, 1.54) is 0 Å². The van der Waals surface area contributed by atoms with E-state index in [4.69, 9.17) is 23.2 Å². The van der Waals surface area contributed by atoms with Crippen molar-refractivity contribution in [2.24, 2.45) is 0 Å². The molecular formula is C11H21Cl2NO2S. The number of halogens is 2. The summed E-state index contributed by atoms with van der Waals surface area (Å²) < 4.78 is 27.2. The van der Waals surface area contributed by atoms with Gasteiger partial charge in [0, 0.05) is 11.8 Å². The van der Waals surface area contributed by atoms with Crippen LogP contribution in [0, 0.1) is 0 Å². The van der Waals surface area contributed by atoms with Crippen LogP contribution in [-0.2, 0) is 10.0 Å². The van der Waals surface area contributed by atoms with Crippen molar-refractivity contribution < 1.29 is 8.42 Å². The summed E-state index contributed by atoms with van der Waals surface area (Å²) in [5.41, 5.74) is -0.695. The number of hydrogen-bond donors (Lipinski definition) is 1. The minimum absolute atomic E-state index is 0.207. The topological polar surface area (TPSA) is 46.2 Å². The molecule has 0 aliphatic heterocycles. The van der Waals surface area contributed by atoms with E-state index in [1.807, 2.05) is 6.92 Å². The first-order chi connectivity index (χ1) is 7.99. The van der Waals surface area contributed by atoms with E-state index in [0.717, 1.165) is 32.1 Å². The number of alkyl halides is 2. The fraction of sp³-hybridized carbons (Fsp3) is 1.00. The molecule has 1 aliphatic rings. The fourth-order valence-electron chi connectivity index (χ4n) is 2.11. The van der Waals surface area contributed by atoms with Crippen LogP contribution >= 0.6 is 23.2 Å². The molecule has 1 aliphatic carbocycles. The minimum Gasteiger partial charge on any atom is -0.212 e. The smallest absolute Gasteiger partial charge is 0.212 e. The van der Waals surface area contributed by atoms with Gasteiger partial charge < -0.3 is 0 Å². The Morgan fingerprint density at radius 3 is 2.12 bits per heavy atom. The lowest BCUT2D eigenvalue weighted by Crippen LogP contribution is -2.54. The van der Waals surface area contributed by atoms with Crippen molar-refractivity contribution >= 4 is 33.2 Å². The molecule has 0 unspecified atom stereocenters. The molecule has 0 atom stereocenters. The molecule has 3 nitrogen and oxygen atoms in total. The second-order valence-electron chi connectivity index (χ2n) is 4.81. The Morgan fingerprint density at radius 2 is 1.71 bits per heavy atom. The molecule has 0 aromatic carbocycles. The van der Waals surface area contributed by atoms with E-state index in [2.05, 4.69) is 4.72 Å². The van der Waals surface area contributed by atoms with Crippen LogP contribution in [0.2, 0.25) is 0 Å². The molecule has 0 heterocycles. The van der Waals surface area contributed by atoms with E-state index in [9.17, 15) is 8.42 Å². The Bertz CT molecular complexity index is 314. The van der Waals surface area contributed by atoms with E-state index >= 15 is 0 Å². The first-order valence-corrected chi connectivity index (χ1v) is 8.76. The largest absolute Gasteiger partial charge is 0.215 e. The first kappa shape index (κ1) is 15.5. The van der Waals surface area contributed by atoms with Crippen LogP contribution in [0.4, 0.5) is 0 Å². The fourth-order valence-corrected chi connectivity index (χ4v) is 5.08. The molecule has 102 valence electrons. The lowest BCUT2D eigenvalue weighted by molar-refractivity contribution is 0.427. The van der Waals surface area contributed by atoms with Crippen molar-refractivity contribution in [2.75, 3.05) is 11.8 Å². The molecule has 0 saturated heterocycles. The van der Waals surface area contributed by atoms with Gasteiger partial charge in [0.1, 0.15) is 0 Å². The Morgan fingerprint density at radius 1 is 1.18 bits per heavy atom. The van der Waals surface area contributed by atoms with Crippen LogP contribution in [0.1, 0.15) is 45.4 Å². The third kappa shape index (κ3) is 3.98. The van der Waals surface area contributed by atoms with Crippen LogP contribution in [0.15, 0.2) is 0 Å². The van der Waals surface area contributed by atoms with Crippen LogP contribution in [-0.4, -0.2) is 31.0 Å². The maximum absolute atomic E-state index is 12.2. The van der Waals surface area contributed by atoms with Gasteiger partial charge in [0.25, 0.3) is 0 Å². The zero-order valence-corrected chi connectivity index (χ0v) is 12.5. The van der Waals surface area contributed by atoms with Crippen molar-refractivity contribution in [3.8, 4) is 0 Å². The van der Waals surface area contributed by atoms with E-state index < -0.39 is 15.6 Å². The van der Waals surface area contributed by atoms with Gasteiger partial charge in [-0.2, -0.15) is 0 Å². The first-order valence-electron chi connectivity index (χ1n) is 6.14. The molecule has 0 aromatic heterocycles. The maximum atomic E-state index is 12.2. The molecule has 0 spiro atoms. The summed E-state index contributed by atoms with van der Waals surface area (Å²) in [6.07, 6.45) is 5.22. The molecular weight excluding hydrogens is 281 g/mol. The molecule has 0 radical (unpaired) electrons. The monoisotopic (exact) mass is 301 g/mol. The molecule has 1 rings (SSSR count). The highest BCUT2D eigenvalue weighted by atomic mass is 35.5. The van der Waals surface area contributed by atoms with Crippen LogP contribution in [0.5, 0.6) is 0 Å². The normalized spacial score (nSPS) is 19.5. The summed E-state index contributed by atoms with van der Waals surface area (Å²) in [4.78, 5) is 0. The van der Waals surface area contributed by atoms with Crippen molar-refractivity contribution in [1.82, 2.24) is 4.72 Å². The van der Waals surface area contributed by atoms with Gasteiger partial charge in [-0.25, -0.2) is 13.1 Å². The molecule has 1 fully saturated rings. The lowest BCUT2D eigenvalue weighted by Gasteiger charge is -2.32. The van der Waals surface area contributed by atoms with Crippen molar-refractivity contribution in [3.05, 3.63) is 0 Å². The van der Waals surface area contributed by atoms with Gasteiger partial charge in [0.05, 0.1) is 10.8 Å². The van der Waals surface area contributed by atoms with Crippen molar-refractivity contribution in [3.63, 3.8) is 0 Å². The summed E-state index contributed by atoms with van der Waals surface area (Å²) in [5.74, 6) is 0.415. The highest BCUT2D eigenvalue weighted by Gasteiger charge is 2.36. The zero-order chi connectivity index (χ0) is 12.9. The number of nitrogens with one attached hydrogen (secondary N) is 1. The van der Waals surface area contributed by atoms with Gasteiger partial charge in [0.15, 0.2) is 0 Å². The van der Waals surface area contributed by atoms with Gasteiger partial charge in [0.2, 0.25) is 10.0 Å². The molecule has 1 N–H and O–H groups in total. The maximum Gasteiger partial charge on any atom is 0.215 e. The highest BCUT2D eigenvalue weighted by Crippen LogP contribution is 2.25. The summed E-state index contributed by atoms with van der Waals surface area (Å²) in [6.45, 7) is 1.90. The molecule has 0 aromatic rings. The van der Waals surface area contributed by atoms with E-state index in [0.29, 0.717) is 6.42 Å². The number of rotatable bonds is 6. The van der Waals surface area contributed by atoms with Gasteiger partial charge >= 0.3 is 0 Å². The van der Waals surface area contributed by atoms with Gasteiger partial charge in [-0.1, -0.05) is 26.2 Å². The molecule has 6 heteroatoms. The molecule has 1 saturated carbocycles. The lowest BCUT2D eigenvalue weighted by atomic mass is 10.0. The third-order valence-corrected chi connectivity index (χ3v) is 6.63. The molecule has 17 heavy (non-hydrogen) atoms. The Hall–Kier alpha value is 0.490. The average Bonchev–Trinajstić information content (AvgIpc) is 2.37. The predicted octanol–water partition coefficient (Wildman–Crippen LogP) is 2.86. The standard InChI is InChI=1S/C11H21Cl2NO2S/c1-2-11(8-12,9-13)14-17(15,16)10-6-4-3-5-7-10/h10,14H,2-9H2,1H3. The van der Waals surface area contributed by atoms with Crippen molar-refractivity contribution in [2.45, 2.75) is 56.2 Å². The van der Waals surface area contributed by atoms with Gasteiger partial charge in [-0.05, 0) is 19.3 Å². The third-order valence-electron chi connectivity index (χ3n) is 3.54. The van der Waals surface area contributed by atoms with E-state index in [-0.39, 0.29) is 17.0 Å². The summed E-state index contributed by atoms with van der Waals surface area (Å²) in [7, 11) is -3.30. The highest BCUT2D eigenvalue weighted by molar-refractivity contribution is 7.90. The molecule has 0 bridgehead atoms. The number of hydrogen-bond acceptors (Lipinski definition) is 2. The van der Waals surface area contributed by atoms with Crippen LogP contribution in [0.25, 0.3) is 0 Å². The SMILES string of the molecule is CCC(CCl)(CCl)NS(=O)(=O)C1CCCCC1. The molecule has 0 amide bonds. The minimum atomic E-state index is -3.30. The second kappa shape index (κ2) is 6.60. The summed E-state index contributed by atoms with van der Waals surface area (Å²) >= 11 is 11.7. The summed E-state index contributed by atoms with van der Waals surface area (Å²) in [5, 5.41) is -0.270. The predicted molar refractivity (Wildman–Crippen MR) is 73.4 cm³/mol. The van der Waals surface area contributed by atoms with Crippen LogP contribution in [0.3, 0.4) is 0 Å². The quantitative estimate of drug-likeness (QED) is 0.767. The second-order valence-corrected chi connectivity index (χ2v) is 7.30. The Balaban J connectivity index is 2.76. The van der Waals surface area contributed by atoms with Gasteiger partial charge in [-0.3, -0.25) is 0 Å². The Labute approximate surface area is 114 Å². The zero-order valence-electron chi connectivity index (χ0n) is 10.2. The summed E-state index contributed by atoms with van der Waals surface area (Å²) in [6, 6.07) is 0. The Kier molecular flexibility index (Phi) is 6.03. The average molecular weight is 302 g/mol. The van der Waals surface area contributed by atoms with Crippen LogP contribution < -0.4 is 4.72 Å². The number of sulfonamides is 1.